The number of nitrogens with zero attached hydrogens (tertiary/aromatic N) is 2. The van der Waals surface area contributed by atoms with E-state index in [9.17, 15) is 24.0 Å². The summed E-state index contributed by atoms with van der Waals surface area (Å²) in [6.45, 7) is 1.14. The molecule has 3 aliphatic heterocycles. The Morgan fingerprint density at radius 3 is 2.55 bits per heavy atom. The molecule has 0 spiro atoms. The van der Waals surface area contributed by atoms with Crippen LogP contribution in [0.2, 0.25) is 0 Å². The third kappa shape index (κ3) is 3.50. The quantitative estimate of drug-likeness (QED) is 0.520. The average Bonchev–Trinajstić information content (AvgIpc) is 2.87. The number of carbonyl (C=O) groups excluding carboxylic acids is 4. The highest BCUT2D eigenvalue weighted by atomic mass is 16.4. The van der Waals surface area contributed by atoms with Crippen molar-refractivity contribution < 1.29 is 29.1 Å². The topological polar surface area (TPSA) is 124 Å². The fourth-order valence-corrected chi connectivity index (χ4v) is 3.72. The van der Waals surface area contributed by atoms with Gasteiger partial charge in [-0.05, 0) is 24.6 Å². The largest absolute Gasteiger partial charge is 0.480 e. The van der Waals surface area contributed by atoms with E-state index < -0.39 is 35.6 Å². The summed E-state index contributed by atoms with van der Waals surface area (Å²) in [6.07, 6.45) is 0.179. The van der Waals surface area contributed by atoms with Crippen LogP contribution in [0, 0.1) is 17.8 Å². The monoisotopic (exact) mass is 395 g/mol. The van der Waals surface area contributed by atoms with Crippen molar-refractivity contribution in [2.75, 3.05) is 19.6 Å². The van der Waals surface area contributed by atoms with E-state index >= 15 is 0 Å². The molecule has 2 N–H and O–H groups in total. The molecule has 3 aliphatic rings. The van der Waals surface area contributed by atoms with E-state index in [2.05, 4.69) is 17.2 Å². The van der Waals surface area contributed by atoms with E-state index in [4.69, 9.17) is 5.11 Å². The van der Waals surface area contributed by atoms with Gasteiger partial charge in [0, 0.05) is 31.0 Å². The lowest BCUT2D eigenvalue weighted by molar-refractivity contribution is -0.140. The molecule has 2 saturated heterocycles. The number of carbonyl (C=O) groups is 5. The number of carboxylic acids is 1. The van der Waals surface area contributed by atoms with Gasteiger partial charge in [0.05, 0.1) is 17.7 Å². The minimum absolute atomic E-state index is 0.0101. The molecule has 0 aliphatic carbocycles. The summed E-state index contributed by atoms with van der Waals surface area (Å²) in [5, 5.41) is 10.9. The molecule has 9 nitrogen and oxygen atoms in total. The Bertz CT molecular complexity index is 1010. The SMILES string of the molecule is O=C(O)CN1CC(C#Cc2ccc3c(c2)C(=O)N(C2CCC(=O)NC2=O)C3=O)C1. The molecule has 1 atom stereocenters. The lowest BCUT2D eigenvalue weighted by atomic mass is 10.00. The zero-order chi connectivity index (χ0) is 20.7. The van der Waals surface area contributed by atoms with Crippen LogP contribution in [0.5, 0.6) is 0 Å². The number of nitrogens with one attached hydrogen (secondary N) is 1. The van der Waals surface area contributed by atoms with Gasteiger partial charge in [-0.3, -0.25) is 39.1 Å². The average molecular weight is 395 g/mol. The van der Waals surface area contributed by atoms with Gasteiger partial charge in [-0.2, -0.15) is 0 Å². The summed E-state index contributed by atoms with van der Waals surface area (Å²) in [6, 6.07) is 3.69. The van der Waals surface area contributed by atoms with Gasteiger partial charge >= 0.3 is 5.97 Å². The number of likely N-dealkylation sites (tertiary alicyclic amines) is 1. The summed E-state index contributed by atoms with van der Waals surface area (Å²) in [4.78, 5) is 62.1. The first-order chi connectivity index (χ1) is 13.8. The molecule has 148 valence electrons. The molecule has 0 bridgehead atoms. The second-order valence-electron chi connectivity index (χ2n) is 7.26. The molecule has 9 heteroatoms. The summed E-state index contributed by atoms with van der Waals surface area (Å²) < 4.78 is 0. The van der Waals surface area contributed by atoms with Crippen LogP contribution in [0.4, 0.5) is 0 Å². The summed E-state index contributed by atoms with van der Waals surface area (Å²) in [5.74, 6) is 3.00. The highest BCUT2D eigenvalue weighted by molar-refractivity contribution is 6.23. The number of rotatable bonds is 3. The second-order valence-corrected chi connectivity index (χ2v) is 7.26. The first-order valence-electron chi connectivity index (χ1n) is 9.15. The standard InChI is InChI=1S/C20H17N3O6/c24-16-6-5-15(18(27)21-16)23-19(28)13-4-3-11(7-14(13)20(23)29)1-2-12-8-22(9-12)10-17(25)26/h3-4,7,12,15H,5-6,8-10H2,(H,25,26)(H,21,24,27). The maximum absolute atomic E-state index is 12.8. The van der Waals surface area contributed by atoms with Gasteiger partial charge in [-0.25, -0.2) is 0 Å². The normalized spacial score (nSPS) is 21.9. The Morgan fingerprint density at radius 1 is 1.14 bits per heavy atom. The third-order valence-electron chi connectivity index (χ3n) is 5.18. The molecule has 1 aromatic rings. The number of carboxylic acid groups (broad SMARTS) is 1. The summed E-state index contributed by atoms with van der Waals surface area (Å²) in [7, 11) is 0. The Labute approximate surface area is 165 Å². The third-order valence-corrected chi connectivity index (χ3v) is 5.18. The highest BCUT2D eigenvalue weighted by Gasteiger charge is 2.44. The zero-order valence-corrected chi connectivity index (χ0v) is 15.3. The van der Waals surface area contributed by atoms with Crippen molar-refractivity contribution in [3.05, 3.63) is 34.9 Å². The molecule has 1 unspecified atom stereocenters. The van der Waals surface area contributed by atoms with Crippen LogP contribution in [-0.2, 0) is 14.4 Å². The molecule has 1 aromatic carbocycles. The molecule has 4 amide bonds. The Balaban J connectivity index is 1.48. The fraction of sp³-hybridized carbons (Fsp3) is 0.350. The van der Waals surface area contributed by atoms with Crippen LogP contribution in [0.1, 0.15) is 39.1 Å². The van der Waals surface area contributed by atoms with E-state index in [-0.39, 0.29) is 36.4 Å². The van der Waals surface area contributed by atoms with Crippen LogP contribution in [0.3, 0.4) is 0 Å². The van der Waals surface area contributed by atoms with Gasteiger partial charge < -0.3 is 5.11 Å². The maximum atomic E-state index is 12.8. The van der Waals surface area contributed by atoms with Crippen molar-refractivity contribution in [2.24, 2.45) is 5.92 Å². The summed E-state index contributed by atoms with van der Waals surface area (Å²) >= 11 is 0. The number of piperidine rings is 1. The number of fused-ring (bicyclic) bond motifs is 1. The highest BCUT2D eigenvalue weighted by Crippen LogP contribution is 2.28. The Hall–Kier alpha value is -3.51. The number of imide groups is 2. The van der Waals surface area contributed by atoms with Crippen molar-refractivity contribution in [3.63, 3.8) is 0 Å². The molecular formula is C20H17N3O6. The number of hydrogen-bond acceptors (Lipinski definition) is 6. The lowest BCUT2D eigenvalue weighted by Crippen LogP contribution is -2.54. The minimum Gasteiger partial charge on any atom is -0.480 e. The van der Waals surface area contributed by atoms with Crippen molar-refractivity contribution in [3.8, 4) is 11.8 Å². The molecule has 0 aromatic heterocycles. The van der Waals surface area contributed by atoms with Crippen molar-refractivity contribution in [1.82, 2.24) is 15.1 Å². The van der Waals surface area contributed by atoms with Crippen LogP contribution in [0.15, 0.2) is 18.2 Å². The van der Waals surface area contributed by atoms with Crippen LogP contribution in [-0.4, -0.2) is 70.2 Å². The predicted molar refractivity (Wildman–Crippen MR) is 97.6 cm³/mol. The van der Waals surface area contributed by atoms with Gasteiger partial charge in [0.25, 0.3) is 11.8 Å². The van der Waals surface area contributed by atoms with E-state index in [0.29, 0.717) is 18.7 Å². The van der Waals surface area contributed by atoms with Gasteiger partial charge in [-0.15, -0.1) is 0 Å². The van der Waals surface area contributed by atoms with E-state index in [1.165, 1.54) is 12.1 Å². The van der Waals surface area contributed by atoms with Gasteiger partial charge in [-0.1, -0.05) is 11.8 Å². The van der Waals surface area contributed by atoms with Crippen molar-refractivity contribution >= 4 is 29.6 Å². The molecule has 0 radical (unpaired) electrons. The van der Waals surface area contributed by atoms with E-state index in [1.807, 2.05) is 0 Å². The Kier molecular flexibility index (Phi) is 4.64. The van der Waals surface area contributed by atoms with Gasteiger partial charge in [0.1, 0.15) is 6.04 Å². The van der Waals surface area contributed by atoms with Crippen molar-refractivity contribution in [1.29, 1.82) is 0 Å². The van der Waals surface area contributed by atoms with Crippen LogP contribution < -0.4 is 5.32 Å². The van der Waals surface area contributed by atoms with Gasteiger partial charge in [0.15, 0.2) is 0 Å². The number of benzene rings is 1. The maximum Gasteiger partial charge on any atom is 0.317 e. The molecule has 2 fully saturated rings. The molecule has 3 heterocycles. The molecule has 29 heavy (non-hydrogen) atoms. The first kappa shape index (κ1) is 18.8. The fourth-order valence-electron chi connectivity index (χ4n) is 3.72. The minimum atomic E-state index is -0.996. The number of hydrogen-bond donors (Lipinski definition) is 2. The lowest BCUT2D eigenvalue weighted by Gasteiger charge is -2.34. The Morgan fingerprint density at radius 2 is 1.86 bits per heavy atom. The van der Waals surface area contributed by atoms with Gasteiger partial charge in [0.2, 0.25) is 11.8 Å². The first-order valence-corrected chi connectivity index (χ1v) is 9.15. The predicted octanol–water partition coefficient (Wildman–Crippen LogP) is -0.544. The van der Waals surface area contributed by atoms with Crippen LogP contribution >= 0.6 is 0 Å². The molecule has 4 rings (SSSR count). The molecular weight excluding hydrogens is 378 g/mol. The number of amides is 4. The van der Waals surface area contributed by atoms with E-state index in [0.717, 1.165) is 4.90 Å². The summed E-state index contributed by atoms with van der Waals surface area (Å²) in [5.41, 5.74) is 0.959. The molecule has 0 saturated carbocycles. The van der Waals surface area contributed by atoms with Crippen molar-refractivity contribution in [2.45, 2.75) is 18.9 Å². The van der Waals surface area contributed by atoms with Crippen LogP contribution in [0.25, 0.3) is 0 Å². The number of aliphatic carboxylic acids is 1. The van der Waals surface area contributed by atoms with E-state index in [1.54, 1.807) is 11.0 Å². The zero-order valence-electron chi connectivity index (χ0n) is 15.3. The smallest absolute Gasteiger partial charge is 0.317 e. The second kappa shape index (κ2) is 7.14.